The number of nitrogens with zero attached hydrogens (tertiary/aromatic N) is 3. The summed E-state index contributed by atoms with van der Waals surface area (Å²) in [6.07, 6.45) is 6.84. The molecular weight excluding hydrogens is 240 g/mol. The average molecular weight is 264 g/mol. The fourth-order valence-corrected chi connectivity index (χ4v) is 3.22. The van der Waals surface area contributed by atoms with Gasteiger partial charge in [-0.05, 0) is 37.7 Å². The third-order valence-electron chi connectivity index (χ3n) is 4.42. The number of rotatable bonds is 3. The Morgan fingerprint density at radius 1 is 1.21 bits per heavy atom. The van der Waals surface area contributed by atoms with Crippen LogP contribution in [0.4, 0.5) is 5.82 Å². The van der Waals surface area contributed by atoms with E-state index >= 15 is 0 Å². The predicted octanol–water partition coefficient (Wildman–Crippen LogP) is 1.53. The maximum Gasteiger partial charge on any atom is 0.145 e. The molecule has 2 fully saturated rings. The molecule has 3 rings (SSSR count). The molecular formula is C14H24N4O. The Bertz CT molecular complexity index is 392. The lowest BCUT2D eigenvalue weighted by Crippen LogP contribution is -2.39. The van der Waals surface area contributed by atoms with E-state index in [0.717, 1.165) is 19.1 Å². The summed E-state index contributed by atoms with van der Waals surface area (Å²) in [6.45, 7) is 5.52. The van der Waals surface area contributed by atoms with Gasteiger partial charge < -0.3 is 15.4 Å². The first kappa shape index (κ1) is 12.9. The second-order valence-corrected chi connectivity index (χ2v) is 5.81. The molecule has 0 bridgehead atoms. The molecule has 0 spiro atoms. The summed E-state index contributed by atoms with van der Waals surface area (Å²) in [6, 6.07) is 2.41. The number of aromatic nitrogens is 2. The van der Waals surface area contributed by atoms with E-state index in [9.17, 15) is 0 Å². The van der Waals surface area contributed by atoms with Crippen LogP contribution in [0.3, 0.4) is 0 Å². The molecule has 2 aliphatic rings. The van der Waals surface area contributed by atoms with Crippen molar-refractivity contribution in [3.8, 4) is 0 Å². The van der Waals surface area contributed by atoms with Gasteiger partial charge in [0.2, 0.25) is 0 Å². The van der Waals surface area contributed by atoms with Gasteiger partial charge in [-0.1, -0.05) is 0 Å². The van der Waals surface area contributed by atoms with E-state index in [1.54, 1.807) is 0 Å². The molecule has 0 saturated carbocycles. The molecule has 2 N–H and O–H groups in total. The van der Waals surface area contributed by atoms with Gasteiger partial charge in [0, 0.05) is 39.0 Å². The molecule has 0 atom stereocenters. The number of anilines is 1. The molecule has 0 radical (unpaired) electrons. The van der Waals surface area contributed by atoms with Crippen LogP contribution in [-0.2, 0) is 4.74 Å². The number of likely N-dealkylation sites (tertiary alicyclic amines) is 1. The summed E-state index contributed by atoms with van der Waals surface area (Å²) in [4.78, 5) is 2.61. The molecule has 5 heteroatoms. The summed E-state index contributed by atoms with van der Waals surface area (Å²) in [5.41, 5.74) is 5.68. The van der Waals surface area contributed by atoms with E-state index in [1.807, 2.05) is 16.9 Å². The first-order valence-corrected chi connectivity index (χ1v) is 7.42. The Morgan fingerprint density at radius 3 is 2.58 bits per heavy atom. The Hall–Kier alpha value is -1.07. The lowest BCUT2D eigenvalue weighted by molar-refractivity contribution is 0.0468. The van der Waals surface area contributed by atoms with Crippen LogP contribution >= 0.6 is 0 Å². The minimum absolute atomic E-state index is 0.531. The highest BCUT2D eigenvalue weighted by Crippen LogP contribution is 2.24. The van der Waals surface area contributed by atoms with E-state index < -0.39 is 0 Å². The summed E-state index contributed by atoms with van der Waals surface area (Å²) < 4.78 is 7.47. The molecule has 19 heavy (non-hydrogen) atoms. The average Bonchev–Trinajstić information content (AvgIpc) is 2.87. The van der Waals surface area contributed by atoms with Crippen molar-refractivity contribution < 1.29 is 4.74 Å². The van der Waals surface area contributed by atoms with Gasteiger partial charge in [0.15, 0.2) is 0 Å². The van der Waals surface area contributed by atoms with Gasteiger partial charge in [-0.15, -0.1) is 0 Å². The maximum absolute atomic E-state index is 5.68. The van der Waals surface area contributed by atoms with Crippen LogP contribution in [0.25, 0.3) is 0 Å². The Morgan fingerprint density at radius 2 is 1.95 bits per heavy atom. The van der Waals surface area contributed by atoms with Crippen LogP contribution in [0.15, 0.2) is 12.3 Å². The Kier molecular flexibility index (Phi) is 4.03. The topological polar surface area (TPSA) is 56.3 Å². The molecule has 1 aromatic rings. The number of piperidine rings is 1. The van der Waals surface area contributed by atoms with E-state index in [2.05, 4.69) is 10.00 Å². The highest BCUT2D eigenvalue weighted by Gasteiger charge is 2.24. The van der Waals surface area contributed by atoms with E-state index in [0.29, 0.717) is 11.9 Å². The highest BCUT2D eigenvalue weighted by molar-refractivity contribution is 5.24. The van der Waals surface area contributed by atoms with E-state index in [1.165, 1.54) is 45.3 Å². The zero-order valence-electron chi connectivity index (χ0n) is 11.5. The monoisotopic (exact) mass is 264 g/mol. The second-order valence-electron chi connectivity index (χ2n) is 5.81. The standard InChI is InChI=1S/C14H24N4O/c15-14-3-8-18(16-14)13-1-6-17(7-2-13)11-12-4-9-19-10-5-12/h3,8,12-13H,1-2,4-7,9-11H2,(H2,15,16). The molecule has 1 aromatic heterocycles. The fourth-order valence-electron chi connectivity index (χ4n) is 3.22. The van der Waals surface area contributed by atoms with Gasteiger partial charge in [0.1, 0.15) is 5.82 Å². The van der Waals surface area contributed by atoms with Crippen molar-refractivity contribution in [3.63, 3.8) is 0 Å². The van der Waals surface area contributed by atoms with Crippen LogP contribution < -0.4 is 5.73 Å². The van der Waals surface area contributed by atoms with Crippen molar-refractivity contribution in [3.05, 3.63) is 12.3 Å². The molecule has 0 unspecified atom stereocenters. The second kappa shape index (κ2) is 5.92. The molecule has 106 valence electrons. The van der Waals surface area contributed by atoms with Gasteiger partial charge >= 0.3 is 0 Å². The maximum atomic E-state index is 5.68. The third kappa shape index (κ3) is 3.28. The van der Waals surface area contributed by atoms with E-state index in [4.69, 9.17) is 10.5 Å². The molecule has 5 nitrogen and oxygen atoms in total. The summed E-state index contributed by atoms with van der Waals surface area (Å²) in [7, 11) is 0. The van der Waals surface area contributed by atoms with Crippen molar-refractivity contribution in [2.24, 2.45) is 5.92 Å². The molecule has 0 aliphatic carbocycles. The molecule has 0 aromatic carbocycles. The summed E-state index contributed by atoms with van der Waals surface area (Å²) in [5.74, 6) is 1.47. The predicted molar refractivity (Wildman–Crippen MR) is 74.9 cm³/mol. The summed E-state index contributed by atoms with van der Waals surface area (Å²) >= 11 is 0. The molecule has 2 saturated heterocycles. The summed E-state index contributed by atoms with van der Waals surface area (Å²) in [5, 5.41) is 4.33. The number of nitrogens with two attached hydrogens (primary N) is 1. The minimum atomic E-state index is 0.531. The zero-order valence-corrected chi connectivity index (χ0v) is 11.5. The fraction of sp³-hybridized carbons (Fsp3) is 0.786. The Balaban J connectivity index is 1.46. The highest BCUT2D eigenvalue weighted by atomic mass is 16.5. The minimum Gasteiger partial charge on any atom is -0.382 e. The van der Waals surface area contributed by atoms with Crippen molar-refractivity contribution in [1.82, 2.24) is 14.7 Å². The van der Waals surface area contributed by atoms with Gasteiger partial charge in [-0.3, -0.25) is 4.68 Å². The van der Waals surface area contributed by atoms with Crippen molar-refractivity contribution >= 4 is 5.82 Å². The SMILES string of the molecule is Nc1ccn(C2CCN(CC3CCOCC3)CC2)n1. The third-order valence-corrected chi connectivity index (χ3v) is 4.42. The van der Waals surface area contributed by atoms with Gasteiger partial charge in [-0.2, -0.15) is 5.10 Å². The van der Waals surface area contributed by atoms with Crippen LogP contribution in [0.1, 0.15) is 31.7 Å². The van der Waals surface area contributed by atoms with E-state index in [-0.39, 0.29) is 0 Å². The van der Waals surface area contributed by atoms with Gasteiger partial charge in [0.25, 0.3) is 0 Å². The van der Waals surface area contributed by atoms with Gasteiger partial charge in [-0.25, -0.2) is 0 Å². The first-order chi connectivity index (χ1) is 9.31. The lowest BCUT2D eigenvalue weighted by Gasteiger charge is -2.35. The lowest BCUT2D eigenvalue weighted by atomic mass is 9.97. The number of hydrogen-bond acceptors (Lipinski definition) is 4. The van der Waals surface area contributed by atoms with Crippen LogP contribution in [0.2, 0.25) is 0 Å². The normalized spacial score (nSPS) is 23.8. The number of hydrogen-bond donors (Lipinski definition) is 1. The Labute approximate surface area is 114 Å². The molecule has 3 heterocycles. The first-order valence-electron chi connectivity index (χ1n) is 7.42. The van der Waals surface area contributed by atoms with Crippen LogP contribution in [0, 0.1) is 5.92 Å². The number of ether oxygens (including phenoxy) is 1. The van der Waals surface area contributed by atoms with Gasteiger partial charge in [0.05, 0.1) is 6.04 Å². The van der Waals surface area contributed by atoms with Crippen molar-refractivity contribution in [2.75, 3.05) is 38.6 Å². The number of nitrogen functional groups attached to an aromatic ring is 1. The van der Waals surface area contributed by atoms with Crippen molar-refractivity contribution in [2.45, 2.75) is 31.7 Å². The van der Waals surface area contributed by atoms with Crippen LogP contribution in [0.5, 0.6) is 0 Å². The quantitative estimate of drug-likeness (QED) is 0.899. The molecule has 2 aliphatic heterocycles. The van der Waals surface area contributed by atoms with Crippen molar-refractivity contribution in [1.29, 1.82) is 0 Å². The smallest absolute Gasteiger partial charge is 0.145 e. The largest absolute Gasteiger partial charge is 0.382 e. The molecule has 0 amide bonds. The van der Waals surface area contributed by atoms with Crippen LogP contribution in [-0.4, -0.2) is 47.5 Å². The zero-order chi connectivity index (χ0) is 13.1.